The minimum absolute atomic E-state index is 0.114. The van der Waals surface area contributed by atoms with Gasteiger partial charge in [0.1, 0.15) is 0 Å². The van der Waals surface area contributed by atoms with Crippen molar-refractivity contribution >= 4 is 15.9 Å². The molecule has 1 N–H and O–H groups in total. The molecule has 1 aromatic rings. The summed E-state index contributed by atoms with van der Waals surface area (Å²) in [7, 11) is 1.56. The zero-order valence-electron chi connectivity index (χ0n) is 7.79. The Morgan fingerprint density at radius 2 is 2.14 bits per heavy atom. The Bertz CT molecular complexity index is 347. The average molecular weight is 259 g/mol. The van der Waals surface area contributed by atoms with Gasteiger partial charge in [-0.25, -0.2) is 0 Å². The van der Waals surface area contributed by atoms with Crippen LogP contribution in [0.4, 0.5) is 0 Å². The monoisotopic (exact) mass is 258 g/mol. The topological polar surface area (TPSA) is 38.7 Å². The highest BCUT2D eigenvalue weighted by Crippen LogP contribution is 2.42. The van der Waals surface area contributed by atoms with E-state index in [2.05, 4.69) is 15.9 Å². The Labute approximate surface area is 90.8 Å². The van der Waals surface area contributed by atoms with E-state index in [1.54, 1.807) is 19.2 Å². The molecule has 0 spiro atoms. The molecule has 1 fully saturated rings. The summed E-state index contributed by atoms with van der Waals surface area (Å²) in [6.07, 6.45) is 2.35. The summed E-state index contributed by atoms with van der Waals surface area (Å²) in [5.74, 6) is 1.12. The maximum atomic E-state index is 9.64. The molecular formula is C10H11BrO3. The van der Waals surface area contributed by atoms with Crippen molar-refractivity contribution in [2.24, 2.45) is 0 Å². The van der Waals surface area contributed by atoms with E-state index in [1.165, 1.54) is 0 Å². The van der Waals surface area contributed by atoms with Crippen LogP contribution in [0.15, 0.2) is 16.6 Å². The highest BCUT2D eigenvalue weighted by atomic mass is 79.9. The zero-order chi connectivity index (χ0) is 10.1. The molecule has 0 heterocycles. The fourth-order valence-corrected chi connectivity index (χ4v) is 1.60. The van der Waals surface area contributed by atoms with Crippen molar-refractivity contribution in [1.82, 2.24) is 0 Å². The lowest BCUT2D eigenvalue weighted by molar-refractivity contribution is 0.267. The second kappa shape index (κ2) is 3.69. The largest absolute Gasteiger partial charge is 0.504 e. The van der Waals surface area contributed by atoms with Crippen LogP contribution in [0.2, 0.25) is 0 Å². The van der Waals surface area contributed by atoms with Gasteiger partial charge in [0.05, 0.1) is 13.2 Å². The van der Waals surface area contributed by atoms with Gasteiger partial charge in [-0.05, 0) is 25.0 Å². The first-order chi connectivity index (χ1) is 6.70. The number of benzene rings is 1. The van der Waals surface area contributed by atoms with Crippen LogP contribution in [-0.2, 0) is 0 Å². The Balaban J connectivity index is 2.33. The van der Waals surface area contributed by atoms with Crippen LogP contribution >= 0.6 is 15.9 Å². The molecule has 0 unspecified atom stereocenters. The second-order valence-electron chi connectivity index (χ2n) is 3.27. The number of phenols is 1. The predicted molar refractivity (Wildman–Crippen MR) is 56.0 cm³/mol. The molecule has 0 aromatic heterocycles. The van der Waals surface area contributed by atoms with Gasteiger partial charge in [-0.15, -0.1) is 0 Å². The summed E-state index contributed by atoms with van der Waals surface area (Å²) in [5.41, 5.74) is 0. The minimum atomic E-state index is 0.114. The maximum Gasteiger partial charge on any atom is 0.203 e. The number of ether oxygens (including phenoxy) is 2. The van der Waals surface area contributed by atoms with E-state index >= 15 is 0 Å². The van der Waals surface area contributed by atoms with E-state index in [1.807, 2.05) is 0 Å². The summed E-state index contributed by atoms with van der Waals surface area (Å²) in [6.45, 7) is 0. The first-order valence-corrected chi connectivity index (χ1v) is 5.23. The van der Waals surface area contributed by atoms with E-state index < -0.39 is 0 Å². The lowest BCUT2D eigenvalue weighted by atomic mass is 10.3. The number of hydrogen-bond donors (Lipinski definition) is 1. The molecule has 0 aliphatic heterocycles. The van der Waals surface area contributed by atoms with Crippen LogP contribution in [-0.4, -0.2) is 18.3 Å². The van der Waals surface area contributed by atoms with Crippen LogP contribution in [0.1, 0.15) is 12.8 Å². The molecule has 14 heavy (non-hydrogen) atoms. The third-order valence-corrected chi connectivity index (χ3v) is 2.49. The van der Waals surface area contributed by atoms with E-state index in [0.29, 0.717) is 11.5 Å². The van der Waals surface area contributed by atoms with Gasteiger partial charge in [0.25, 0.3) is 0 Å². The smallest absolute Gasteiger partial charge is 0.203 e. The van der Waals surface area contributed by atoms with E-state index in [0.717, 1.165) is 17.3 Å². The fourth-order valence-electron chi connectivity index (χ4n) is 1.18. The number of rotatable bonds is 3. The number of methoxy groups -OCH3 is 1. The lowest BCUT2D eigenvalue weighted by Gasteiger charge is -2.11. The van der Waals surface area contributed by atoms with Gasteiger partial charge in [0, 0.05) is 4.47 Å². The summed E-state index contributed by atoms with van der Waals surface area (Å²) < 4.78 is 11.4. The molecular weight excluding hydrogens is 248 g/mol. The SMILES string of the molecule is COc1cc(Br)cc(O)c1OC1CC1. The number of phenolic OH excluding ortho intramolecular Hbond substituents is 1. The van der Waals surface area contributed by atoms with Crippen LogP contribution in [0.3, 0.4) is 0 Å². The van der Waals surface area contributed by atoms with Gasteiger partial charge in [0.15, 0.2) is 11.5 Å². The molecule has 0 saturated heterocycles. The van der Waals surface area contributed by atoms with Crippen LogP contribution in [0.5, 0.6) is 17.2 Å². The Hall–Kier alpha value is -0.900. The zero-order valence-corrected chi connectivity index (χ0v) is 9.37. The summed E-state index contributed by atoms with van der Waals surface area (Å²) in [5, 5.41) is 9.64. The van der Waals surface area contributed by atoms with E-state index in [-0.39, 0.29) is 11.9 Å². The molecule has 0 amide bonds. The Morgan fingerprint density at radius 1 is 1.43 bits per heavy atom. The molecule has 1 aliphatic rings. The third-order valence-electron chi connectivity index (χ3n) is 2.03. The molecule has 0 atom stereocenters. The number of halogens is 1. The Morgan fingerprint density at radius 3 is 2.71 bits per heavy atom. The van der Waals surface area contributed by atoms with Crippen LogP contribution < -0.4 is 9.47 Å². The van der Waals surface area contributed by atoms with Crippen molar-refractivity contribution < 1.29 is 14.6 Å². The summed E-state index contributed by atoms with van der Waals surface area (Å²) >= 11 is 3.27. The number of hydrogen-bond acceptors (Lipinski definition) is 3. The molecule has 2 rings (SSSR count). The van der Waals surface area contributed by atoms with Gasteiger partial charge in [0.2, 0.25) is 5.75 Å². The van der Waals surface area contributed by atoms with Crippen molar-refractivity contribution in [2.45, 2.75) is 18.9 Å². The van der Waals surface area contributed by atoms with Gasteiger partial charge in [-0.2, -0.15) is 0 Å². The molecule has 1 saturated carbocycles. The van der Waals surface area contributed by atoms with Gasteiger partial charge < -0.3 is 14.6 Å². The van der Waals surface area contributed by atoms with E-state index in [4.69, 9.17) is 9.47 Å². The third kappa shape index (κ3) is 1.95. The summed E-state index contributed by atoms with van der Waals surface area (Å²) in [4.78, 5) is 0. The predicted octanol–water partition coefficient (Wildman–Crippen LogP) is 2.70. The molecule has 0 bridgehead atoms. The molecule has 0 radical (unpaired) electrons. The minimum Gasteiger partial charge on any atom is -0.504 e. The second-order valence-corrected chi connectivity index (χ2v) is 4.19. The molecule has 1 aromatic carbocycles. The van der Waals surface area contributed by atoms with Crippen LogP contribution in [0.25, 0.3) is 0 Å². The molecule has 1 aliphatic carbocycles. The highest BCUT2D eigenvalue weighted by Gasteiger charge is 2.26. The van der Waals surface area contributed by atoms with Crippen molar-refractivity contribution in [3.05, 3.63) is 16.6 Å². The normalized spacial score (nSPS) is 15.3. The lowest BCUT2D eigenvalue weighted by Crippen LogP contribution is -1.98. The van der Waals surface area contributed by atoms with Gasteiger partial charge in [-0.3, -0.25) is 0 Å². The van der Waals surface area contributed by atoms with Crippen LogP contribution in [0, 0.1) is 0 Å². The molecule has 3 nitrogen and oxygen atoms in total. The van der Waals surface area contributed by atoms with Crippen molar-refractivity contribution in [2.75, 3.05) is 7.11 Å². The summed E-state index contributed by atoms with van der Waals surface area (Å²) in [6, 6.07) is 3.37. The maximum absolute atomic E-state index is 9.64. The quantitative estimate of drug-likeness (QED) is 0.906. The molecule has 4 heteroatoms. The highest BCUT2D eigenvalue weighted by molar-refractivity contribution is 9.10. The van der Waals surface area contributed by atoms with Crippen molar-refractivity contribution in [1.29, 1.82) is 0 Å². The standard InChI is InChI=1S/C10H11BrO3/c1-13-9-5-6(11)4-8(12)10(9)14-7-2-3-7/h4-5,7,12H,2-3H2,1H3. The van der Waals surface area contributed by atoms with Gasteiger partial charge >= 0.3 is 0 Å². The van der Waals surface area contributed by atoms with Crippen molar-refractivity contribution in [3.8, 4) is 17.2 Å². The first kappa shape index (κ1) is 9.65. The van der Waals surface area contributed by atoms with E-state index in [9.17, 15) is 5.11 Å². The average Bonchev–Trinajstić information content (AvgIpc) is 2.93. The first-order valence-electron chi connectivity index (χ1n) is 4.44. The number of aromatic hydroxyl groups is 1. The van der Waals surface area contributed by atoms with Crippen molar-refractivity contribution in [3.63, 3.8) is 0 Å². The Kier molecular flexibility index (Phi) is 2.54. The fraction of sp³-hybridized carbons (Fsp3) is 0.400. The van der Waals surface area contributed by atoms with Gasteiger partial charge in [-0.1, -0.05) is 15.9 Å². The molecule has 76 valence electrons.